The molecule has 0 N–H and O–H groups in total. The third-order valence-corrected chi connectivity index (χ3v) is 3.06. The molecular formula is C14H20N2O5. The Morgan fingerprint density at radius 1 is 1.24 bits per heavy atom. The fourth-order valence-corrected chi connectivity index (χ4v) is 1.89. The summed E-state index contributed by atoms with van der Waals surface area (Å²) >= 11 is 0. The molecule has 7 heteroatoms. The van der Waals surface area contributed by atoms with E-state index in [-0.39, 0.29) is 11.6 Å². The maximum absolute atomic E-state index is 12.4. The van der Waals surface area contributed by atoms with E-state index in [4.69, 9.17) is 9.47 Å². The van der Waals surface area contributed by atoms with Crippen LogP contribution in [-0.4, -0.2) is 56.3 Å². The lowest BCUT2D eigenvalue weighted by atomic mass is 10.1. The zero-order valence-corrected chi connectivity index (χ0v) is 12.5. The Morgan fingerprint density at radius 3 is 2.24 bits per heavy atom. The highest BCUT2D eigenvalue weighted by Gasteiger charge is 2.18. The van der Waals surface area contributed by atoms with Crippen LogP contribution in [0.15, 0.2) is 18.2 Å². The molecule has 1 rings (SSSR count). The summed E-state index contributed by atoms with van der Waals surface area (Å²) in [5.41, 5.74) is 0.890. The monoisotopic (exact) mass is 296 g/mol. The number of nitro benzene ring substituents is 1. The number of nitrogens with zero attached hydrogens (tertiary/aromatic N) is 2. The average Bonchev–Trinajstić information content (AvgIpc) is 2.46. The summed E-state index contributed by atoms with van der Waals surface area (Å²) in [6.07, 6.45) is 0. The van der Waals surface area contributed by atoms with Crippen molar-refractivity contribution in [1.29, 1.82) is 0 Å². The summed E-state index contributed by atoms with van der Waals surface area (Å²) in [5.74, 6) is -0.193. The summed E-state index contributed by atoms with van der Waals surface area (Å²) in [5, 5.41) is 10.8. The quantitative estimate of drug-likeness (QED) is 0.538. The molecule has 0 heterocycles. The number of aryl methyl sites for hydroxylation is 1. The summed E-state index contributed by atoms with van der Waals surface area (Å²) in [6, 6.07) is 4.36. The molecule has 7 nitrogen and oxygen atoms in total. The first-order valence-corrected chi connectivity index (χ1v) is 6.53. The second-order valence-corrected chi connectivity index (χ2v) is 4.54. The molecular weight excluding hydrogens is 276 g/mol. The van der Waals surface area contributed by atoms with Crippen molar-refractivity contribution < 1.29 is 19.2 Å². The molecule has 0 saturated carbocycles. The maximum atomic E-state index is 12.4. The molecule has 1 aromatic carbocycles. The van der Waals surface area contributed by atoms with Crippen molar-refractivity contribution in [2.75, 3.05) is 40.5 Å². The van der Waals surface area contributed by atoms with Gasteiger partial charge in [0.05, 0.1) is 18.1 Å². The molecule has 0 aliphatic carbocycles. The Balaban J connectivity index is 2.91. The summed E-state index contributed by atoms with van der Waals surface area (Å²) < 4.78 is 9.98. The standard InChI is InChI=1S/C14H20N2O5/c1-11-10-12(4-5-13(11)16(18)19)14(17)15(6-8-20-2)7-9-21-3/h4-5,10H,6-9H2,1-3H3. The number of ether oxygens (including phenoxy) is 2. The number of amides is 1. The van der Waals surface area contributed by atoms with Crippen LogP contribution in [0.2, 0.25) is 0 Å². The van der Waals surface area contributed by atoms with Crippen molar-refractivity contribution in [1.82, 2.24) is 4.90 Å². The summed E-state index contributed by atoms with van der Waals surface area (Å²) in [6.45, 7) is 3.33. The normalized spacial score (nSPS) is 10.4. The van der Waals surface area contributed by atoms with E-state index >= 15 is 0 Å². The Kier molecular flexibility index (Phi) is 6.77. The maximum Gasteiger partial charge on any atom is 0.272 e. The van der Waals surface area contributed by atoms with Crippen molar-refractivity contribution in [3.05, 3.63) is 39.4 Å². The molecule has 0 radical (unpaired) electrons. The number of rotatable bonds is 8. The highest BCUT2D eigenvalue weighted by atomic mass is 16.6. The second kappa shape index (κ2) is 8.33. The molecule has 0 atom stereocenters. The Bertz CT molecular complexity index is 496. The molecule has 0 saturated heterocycles. The van der Waals surface area contributed by atoms with E-state index in [1.165, 1.54) is 18.2 Å². The number of nitro groups is 1. The summed E-state index contributed by atoms with van der Waals surface area (Å²) in [7, 11) is 3.13. The number of carbonyl (C=O) groups excluding carboxylic acids is 1. The van der Waals surface area contributed by atoms with Gasteiger partial charge in [0.25, 0.3) is 11.6 Å². The van der Waals surface area contributed by atoms with Crippen LogP contribution in [0.25, 0.3) is 0 Å². The molecule has 1 aromatic rings. The van der Waals surface area contributed by atoms with Crippen molar-refractivity contribution in [3.63, 3.8) is 0 Å². The lowest BCUT2D eigenvalue weighted by Gasteiger charge is -2.22. The topological polar surface area (TPSA) is 81.9 Å². The van der Waals surface area contributed by atoms with E-state index in [0.717, 1.165) is 0 Å². The minimum Gasteiger partial charge on any atom is -0.383 e. The number of methoxy groups -OCH3 is 2. The average molecular weight is 296 g/mol. The van der Waals surface area contributed by atoms with Crippen LogP contribution in [0.5, 0.6) is 0 Å². The predicted octanol–water partition coefficient (Wildman–Crippen LogP) is 1.64. The molecule has 0 spiro atoms. The third kappa shape index (κ3) is 4.80. The molecule has 0 fully saturated rings. The van der Waals surface area contributed by atoms with Gasteiger partial charge in [0.1, 0.15) is 0 Å². The number of hydrogen-bond acceptors (Lipinski definition) is 5. The zero-order valence-electron chi connectivity index (χ0n) is 12.5. The largest absolute Gasteiger partial charge is 0.383 e. The lowest BCUT2D eigenvalue weighted by molar-refractivity contribution is -0.385. The van der Waals surface area contributed by atoms with Gasteiger partial charge >= 0.3 is 0 Å². The van der Waals surface area contributed by atoms with Gasteiger partial charge in [-0.05, 0) is 19.1 Å². The predicted molar refractivity (Wildman–Crippen MR) is 77.5 cm³/mol. The molecule has 1 amide bonds. The van der Waals surface area contributed by atoms with Gasteiger partial charge in [0.2, 0.25) is 0 Å². The minimum atomic E-state index is -0.461. The first kappa shape index (κ1) is 17.1. The van der Waals surface area contributed by atoms with Crippen LogP contribution in [0.1, 0.15) is 15.9 Å². The van der Waals surface area contributed by atoms with Crippen molar-refractivity contribution in [2.24, 2.45) is 0 Å². The van der Waals surface area contributed by atoms with E-state index < -0.39 is 4.92 Å². The van der Waals surface area contributed by atoms with E-state index in [9.17, 15) is 14.9 Å². The van der Waals surface area contributed by atoms with Crippen LogP contribution < -0.4 is 0 Å². The van der Waals surface area contributed by atoms with Crippen LogP contribution in [0.4, 0.5) is 5.69 Å². The van der Waals surface area contributed by atoms with Gasteiger partial charge in [-0.15, -0.1) is 0 Å². The van der Waals surface area contributed by atoms with Crippen LogP contribution in [0, 0.1) is 17.0 Å². The Hall–Kier alpha value is -1.99. The van der Waals surface area contributed by atoms with Gasteiger partial charge in [-0.1, -0.05) is 0 Å². The second-order valence-electron chi connectivity index (χ2n) is 4.54. The number of carbonyl (C=O) groups is 1. The van der Waals surface area contributed by atoms with E-state index in [0.29, 0.717) is 37.4 Å². The van der Waals surface area contributed by atoms with Crippen molar-refractivity contribution in [2.45, 2.75) is 6.92 Å². The van der Waals surface area contributed by atoms with Crippen LogP contribution in [-0.2, 0) is 9.47 Å². The highest BCUT2D eigenvalue weighted by molar-refractivity contribution is 5.94. The molecule has 0 unspecified atom stereocenters. The molecule has 0 bridgehead atoms. The van der Waals surface area contributed by atoms with Crippen LogP contribution in [0.3, 0.4) is 0 Å². The van der Waals surface area contributed by atoms with Gasteiger partial charge < -0.3 is 14.4 Å². The molecule has 21 heavy (non-hydrogen) atoms. The highest BCUT2D eigenvalue weighted by Crippen LogP contribution is 2.19. The van der Waals surface area contributed by atoms with E-state index in [2.05, 4.69) is 0 Å². The number of benzene rings is 1. The lowest BCUT2D eigenvalue weighted by Crippen LogP contribution is -2.36. The fourth-order valence-electron chi connectivity index (χ4n) is 1.89. The first-order valence-electron chi connectivity index (χ1n) is 6.53. The first-order chi connectivity index (χ1) is 10.0. The third-order valence-electron chi connectivity index (χ3n) is 3.06. The SMILES string of the molecule is COCCN(CCOC)C(=O)c1ccc([N+](=O)[O-])c(C)c1. The summed E-state index contributed by atoms with van der Waals surface area (Å²) in [4.78, 5) is 24.4. The minimum absolute atomic E-state index is 0.00637. The van der Waals surface area contributed by atoms with Crippen molar-refractivity contribution in [3.8, 4) is 0 Å². The smallest absolute Gasteiger partial charge is 0.272 e. The van der Waals surface area contributed by atoms with Gasteiger partial charge in [-0.2, -0.15) is 0 Å². The molecule has 116 valence electrons. The van der Waals surface area contributed by atoms with Gasteiger partial charge in [0.15, 0.2) is 0 Å². The zero-order chi connectivity index (χ0) is 15.8. The Labute approximate surface area is 123 Å². The molecule has 0 aliphatic rings. The Morgan fingerprint density at radius 2 is 1.81 bits per heavy atom. The van der Waals surface area contributed by atoms with E-state index in [1.807, 2.05) is 0 Å². The van der Waals surface area contributed by atoms with E-state index in [1.54, 1.807) is 26.0 Å². The van der Waals surface area contributed by atoms with Gasteiger partial charge in [-0.25, -0.2) is 0 Å². The number of hydrogen-bond donors (Lipinski definition) is 0. The molecule has 0 aliphatic heterocycles. The van der Waals surface area contributed by atoms with Crippen LogP contribution >= 0.6 is 0 Å². The van der Waals surface area contributed by atoms with Gasteiger partial charge in [0, 0.05) is 44.5 Å². The molecule has 0 aromatic heterocycles. The van der Waals surface area contributed by atoms with Crippen molar-refractivity contribution >= 4 is 11.6 Å². The van der Waals surface area contributed by atoms with Gasteiger partial charge in [-0.3, -0.25) is 14.9 Å². The fraction of sp³-hybridized carbons (Fsp3) is 0.500.